The molecule has 0 saturated heterocycles. The first-order valence-corrected chi connectivity index (χ1v) is 4.52. The first-order valence-electron chi connectivity index (χ1n) is 3.36. The van der Waals surface area contributed by atoms with Crippen molar-refractivity contribution in [2.45, 2.75) is 26.4 Å². The Morgan fingerprint density at radius 2 is 2.10 bits per heavy atom. The molecule has 0 heterocycles. The van der Waals surface area contributed by atoms with E-state index in [0.717, 1.165) is 11.5 Å². The highest BCUT2D eigenvalue weighted by Gasteiger charge is 2.04. The topological polar surface area (TPSA) is 20.2 Å². The third-order valence-electron chi connectivity index (χ3n) is 0.773. The van der Waals surface area contributed by atoms with Crippen molar-refractivity contribution in [2.75, 3.05) is 11.5 Å². The van der Waals surface area contributed by atoms with Gasteiger partial charge in [0, 0.05) is 0 Å². The SMILES string of the molecule is CCSCC#CC(C)(C)O. The van der Waals surface area contributed by atoms with Gasteiger partial charge in [0.05, 0.1) is 5.75 Å². The summed E-state index contributed by atoms with van der Waals surface area (Å²) >= 11 is 1.76. The third kappa shape index (κ3) is 7.87. The van der Waals surface area contributed by atoms with Crippen LogP contribution in [0.3, 0.4) is 0 Å². The molecule has 0 aromatic rings. The predicted molar refractivity (Wildman–Crippen MR) is 47.1 cm³/mol. The molecule has 0 aliphatic carbocycles. The molecule has 0 fully saturated rings. The van der Waals surface area contributed by atoms with E-state index in [0.29, 0.717) is 0 Å². The zero-order valence-electron chi connectivity index (χ0n) is 6.77. The van der Waals surface area contributed by atoms with Crippen LogP contribution in [0.5, 0.6) is 0 Å². The molecule has 0 atom stereocenters. The standard InChI is InChI=1S/C8H14OS/c1-4-10-7-5-6-8(2,3)9/h9H,4,7H2,1-3H3. The van der Waals surface area contributed by atoms with E-state index in [1.54, 1.807) is 25.6 Å². The Morgan fingerprint density at radius 3 is 2.50 bits per heavy atom. The maximum absolute atomic E-state index is 9.13. The number of thioether (sulfide) groups is 1. The minimum atomic E-state index is -0.825. The number of aliphatic hydroxyl groups is 1. The van der Waals surface area contributed by atoms with Gasteiger partial charge in [0.2, 0.25) is 0 Å². The molecule has 0 radical (unpaired) electrons. The minimum Gasteiger partial charge on any atom is -0.378 e. The molecule has 0 saturated carbocycles. The maximum Gasteiger partial charge on any atom is 0.119 e. The smallest absolute Gasteiger partial charge is 0.119 e. The first kappa shape index (κ1) is 9.87. The van der Waals surface area contributed by atoms with Gasteiger partial charge in [-0.15, -0.1) is 11.8 Å². The highest BCUT2D eigenvalue weighted by Crippen LogP contribution is 1.99. The molecule has 0 bridgehead atoms. The average Bonchev–Trinajstić information content (AvgIpc) is 1.78. The molecule has 10 heavy (non-hydrogen) atoms. The quantitative estimate of drug-likeness (QED) is 0.485. The molecule has 0 rings (SSSR count). The van der Waals surface area contributed by atoms with Crippen LogP contribution in [0.4, 0.5) is 0 Å². The van der Waals surface area contributed by atoms with Gasteiger partial charge in [-0.05, 0) is 19.6 Å². The fraction of sp³-hybridized carbons (Fsp3) is 0.750. The lowest BCUT2D eigenvalue weighted by molar-refractivity contribution is 0.143. The molecule has 2 heteroatoms. The lowest BCUT2D eigenvalue weighted by Crippen LogP contribution is -2.14. The number of rotatable bonds is 2. The summed E-state index contributed by atoms with van der Waals surface area (Å²) in [6.07, 6.45) is 0. The first-order chi connectivity index (χ1) is 4.56. The van der Waals surface area contributed by atoms with E-state index in [2.05, 4.69) is 18.8 Å². The van der Waals surface area contributed by atoms with Crippen LogP contribution in [-0.2, 0) is 0 Å². The molecule has 0 unspecified atom stereocenters. The van der Waals surface area contributed by atoms with Crippen LogP contribution in [0, 0.1) is 11.8 Å². The number of hydrogen-bond acceptors (Lipinski definition) is 2. The Labute approximate surface area is 67.2 Å². The molecule has 1 N–H and O–H groups in total. The summed E-state index contributed by atoms with van der Waals surface area (Å²) < 4.78 is 0. The lowest BCUT2D eigenvalue weighted by atomic mass is 10.1. The summed E-state index contributed by atoms with van der Waals surface area (Å²) in [4.78, 5) is 0. The van der Waals surface area contributed by atoms with Crippen molar-refractivity contribution in [1.82, 2.24) is 0 Å². The minimum absolute atomic E-state index is 0.820. The number of hydrogen-bond donors (Lipinski definition) is 1. The van der Waals surface area contributed by atoms with E-state index in [4.69, 9.17) is 5.11 Å². The second-order valence-corrected chi connectivity index (χ2v) is 3.77. The molecule has 0 aliphatic heterocycles. The summed E-state index contributed by atoms with van der Waals surface area (Å²) in [5, 5.41) is 9.13. The van der Waals surface area contributed by atoms with E-state index in [-0.39, 0.29) is 0 Å². The van der Waals surface area contributed by atoms with Crippen molar-refractivity contribution in [3.05, 3.63) is 0 Å². The fourth-order valence-electron chi connectivity index (χ4n) is 0.405. The van der Waals surface area contributed by atoms with E-state index < -0.39 is 5.60 Å². The van der Waals surface area contributed by atoms with Crippen molar-refractivity contribution in [3.63, 3.8) is 0 Å². The average molecular weight is 158 g/mol. The zero-order chi connectivity index (χ0) is 8.04. The molecule has 0 aromatic heterocycles. The molecular formula is C8H14OS. The van der Waals surface area contributed by atoms with Gasteiger partial charge in [-0.1, -0.05) is 18.8 Å². The largest absolute Gasteiger partial charge is 0.378 e. The van der Waals surface area contributed by atoms with E-state index in [1.807, 2.05) is 0 Å². The van der Waals surface area contributed by atoms with Crippen molar-refractivity contribution >= 4 is 11.8 Å². The molecule has 0 spiro atoms. The summed E-state index contributed by atoms with van der Waals surface area (Å²) in [5.41, 5.74) is -0.825. The second-order valence-electron chi connectivity index (χ2n) is 2.50. The van der Waals surface area contributed by atoms with Gasteiger partial charge >= 0.3 is 0 Å². The second kappa shape index (κ2) is 4.65. The Hall–Kier alpha value is -0.130. The molecule has 0 aromatic carbocycles. The Morgan fingerprint density at radius 1 is 1.50 bits per heavy atom. The van der Waals surface area contributed by atoms with E-state index in [9.17, 15) is 0 Å². The normalized spacial score (nSPS) is 10.4. The van der Waals surface area contributed by atoms with Crippen LogP contribution in [0.25, 0.3) is 0 Å². The predicted octanol–water partition coefficient (Wildman–Crippen LogP) is 1.51. The molecule has 58 valence electrons. The highest BCUT2D eigenvalue weighted by atomic mass is 32.2. The van der Waals surface area contributed by atoms with Gasteiger partial charge in [-0.25, -0.2) is 0 Å². The summed E-state index contributed by atoms with van der Waals surface area (Å²) in [6, 6.07) is 0. The monoisotopic (exact) mass is 158 g/mol. The van der Waals surface area contributed by atoms with Crippen molar-refractivity contribution in [3.8, 4) is 11.8 Å². The van der Waals surface area contributed by atoms with Crippen LogP contribution in [0.1, 0.15) is 20.8 Å². The Kier molecular flexibility index (Phi) is 4.59. The van der Waals surface area contributed by atoms with Crippen molar-refractivity contribution in [2.24, 2.45) is 0 Å². The highest BCUT2D eigenvalue weighted by molar-refractivity contribution is 7.99. The van der Waals surface area contributed by atoms with Crippen LogP contribution in [-0.4, -0.2) is 22.2 Å². The van der Waals surface area contributed by atoms with E-state index in [1.165, 1.54) is 0 Å². The van der Waals surface area contributed by atoms with E-state index >= 15 is 0 Å². The molecule has 1 nitrogen and oxygen atoms in total. The van der Waals surface area contributed by atoms with Gasteiger partial charge < -0.3 is 5.11 Å². The zero-order valence-corrected chi connectivity index (χ0v) is 7.59. The molecule has 0 amide bonds. The Balaban J connectivity index is 3.50. The maximum atomic E-state index is 9.13. The van der Waals surface area contributed by atoms with Gasteiger partial charge in [-0.3, -0.25) is 0 Å². The van der Waals surface area contributed by atoms with Gasteiger partial charge in [0.25, 0.3) is 0 Å². The van der Waals surface area contributed by atoms with Crippen LogP contribution in [0.2, 0.25) is 0 Å². The summed E-state index contributed by atoms with van der Waals surface area (Å²) in [6.45, 7) is 5.48. The van der Waals surface area contributed by atoms with Crippen LogP contribution in [0.15, 0.2) is 0 Å². The fourth-order valence-corrected chi connectivity index (χ4v) is 0.784. The third-order valence-corrected chi connectivity index (χ3v) is 1.53. The van der Waals surface area contributed by atoms with Crippen LogP contribution < -0.4 is 0 Å². The van der Waals surface area contributed by atoms with Crippen molar-refractivity contribution in [1.29, 1.82) is 0 Å². The van der Waals surface area contributed by atoms with Gasteiger partial charge in [-0.2, -0.15) is 0 Å². The van der Waals surface area contributed by atoms with Crippen molar-refractivity contribution < 1.29 is 5.11 Å². The molecular weight excluding hydrogens is 144 g/mol. The van der Waals surface area contributed by atoms with Gasteiger partial charge in [0.1, 0.15) is 5.60 Å². The van der Waals surface area contributed by atoms with Crippen LogP contribution >= 0.6 is 11.8 Å². The lowest BCUT2D eigenvalue weighted by Gasteiger charge is -2.05. The summed E-state index contributed by atoms with van der Waals surface area (Å²) in [7, 11) is 0. The Bertz CT molecular complexity index is 136. The molecule has 0 aliphatic rings. The summed E-state index contributed by atoms with van der Waals surface area (Å²) in [5.74, 6) is 7.53. The van der Waals surface area contributed by atoms with Gasteiger partial charge in [0.15, 0.2) is 0 Å².